The molecule has 2 N–H and O–H groups in total. The highest BCUT2D eigenvalue weighted by atomic mass is 35.5. The summed E-state index contributed by atoms with van der Waals surface area (Å²) in [6.07, 6.45) is 5.08. The van der Waals surface area contributed by atoms with Crippen molar-refractivity contribution in [2.75, 3.05) is 13.2 Å². The summed E-state index contributed by atoms with van der Waals surface area (Å²) in [7, 11) is -0.729. The van der Waals surface area contributed by atoms with Crippen LogP contribution in [0.5, 0.6) is 0 Å². The van der Waals surface area contributed by atoms with Gasteiger partial charge in [0, 0.05) is 36.1 Å². The third-order valence-corrected chi connectivity index (χ3v) is 8.36. The van der Waals surface area contributed by atoms with Crippen LogP contribution < -0.4 is 0 Å². The molecule has 2 rings (SSSR count). The summed E-state index contributed by atoms with van der Waals surface area (Å²) in [5.74, 6) is 0. The SMILES string of the molecule is CC1=C(CCCO)C([SiH2]C2=C(Cl)CC(C)=C2CCCO)=C(Cl)C1. The fourth-order valence-corrected chi connectivity index (χ4v) is 6.96. The van der Waals surface area contributed by atoms with Crippen molar-refractivity contribution < 1.29 is 10.2 Å². The van der Waals surface area contributed by atoms with Gasteiger partial charge in [0.15, 0.2) is 0 Å². The molecule has 0 atom stereocenters. The molecule has 0 heterocycles. The molecule has 0 aliphatic heterocycles. The number of rotatable bonds is 8. The molecule has 0 amide bonds. The largest absolute Gasteiger partial charge is 0.396 e. The summed E-state index contributed by atoms with van der Waals surface area (Å²) in [6.45, 7) is 4.73. The Balaban J connectivity index is 2.22. The van der Waals surface area contributed by atoms with Gasteiger partial charge in [-0.3, -0.25) is 0 Å². The molecule has 0 bridgehead atoms. The number of aliphatic hydroxyl groups excluding tert-OH is 2. The summed E-state index contributed by atoms with van der Waals surface area (Å²) in [5, 5.41) is 22.9. The van der Waals surface area contributed by atoms with E-state index in [2.05, 4.69) is 13.8 Å². The summed E-state index contributed by atoms with van der Waals surface area (Å²) in [6, 6.07) is 0. The minimum Gasteiger partial charge on any atom is -0.396 e. The van der Waals surface area contributed by atoms with E-state index in [-0.39, 0.29) is 13.2 Å². The van der Waals surface area contributed by atoms with Crippen molar-refractivity contribution in [1.82, 2.24) is 0 Å². The third kappa shape index (κ3) is 4.40. The van der Waals surface area contributed by atoms with E-state index in [1.54, 1.807) is 0 Å². The van der Waals surface area contributed by atoms with E-state index in [4.69, 9.17) is 33.4 Å². The first-order chi connectivity index (χ1) is 11.0. The van der Waals surface area contributed by atoms with E-state index >= 15 is 0 Å². The zero-order chi connectivity index (χ0) is 17.0. The molecule has 5 heteroatoms. The maximum absolute atomic E-state index is 9.14. The Kier molecular flexibility index (Phi) is 7.17. The van der Waals surface area contributed by atoms with Crippen LogP contribution in [-0.4, -0.2) is 32.9 Å². The number of allylic oxidation sites excluding steroid dienone is 8. The van der Waals surface area contributed by atoms with E-state index < -0.39 is 9.52 Å². The second-order valence-corrected chi connectivity index (χ2v) is 9.15. The number of hydrogen-bond acceptors (Lipinski definition) is 2. The van der Waals surface area contributed by atoms with Gasteiger partial charge < -0.3 is 10.2 Å². The molecule has 0 aromatic heterocycles. The van der Waals surface area contributed by atoms with Crippen LogP contribution in [0.25, 0.3) is 0 Å². The van der Waals surface area contributed by atoms with Gasteiger partial charge in [-0.05, 0) is 61.1 Å². The Morgan fingerprint density at radius 3 is 1.57 bits per heavy atom. The van der Waals surface area contributed by atoms with Gasteiger partial charge >= 0.3 is 0 Å². The van der Waals surface area contributed by atoms with Crippen molar-refractivity contribution >= 4 is 32.7 Å². The van der Waals surface area contributed by atoms with Gasteiger partial charge in [-0.2, -0.15) is 0 Å². The molecule has 0 aromatic rings. The first-order valence-corrected chi connectivity index (χ1v) is 10.5. The fraction of sp³-hybridized carbons (Fsp3) is 0.556. The predicted molar refractivity (Wildman–Crippen MR) is 102 cm³/mol. The molecular weight excluding hydrogens is 347 g/mol. The number of halogens is 2. The van der Waals surface area contributed by atoms with Crippen LogP contribution in [0.2, 0.25) is 0 Å². The molecule has 23 heavy (non-hydrogen) atoms. The maximum Gasteiger partial charge on any atom is 0.0912 e. The van der Waals surface area contributed by atoms with Gasteiger partial charge in [0.1, 0.15) is 0 Å². The Morgan fingerprint density at radius 2 is 1.22 bits per heavy atom. The van der Waals surface area contributed by atoms with Crippen LogP contribution in [-0.2, 0) is 0 Å². The van der Waals surface area contributed by atoms with Crippen molar-refractivity contribution in [2.24, 2.45) is 0 Å². The molecule has 0 radical (unpaired) electrons. The minimum atomic E-state index is -0.729. The van der Waals surface area contributed by atoms with Crippen LogP contribution in [0.4, 0.5) is 0 Å². The molecule has 0 aromatic carbocycles. The minimum absolute atomic E-state index is 0.216. The van der Waals surface area contributed by atoms with E-state index in [0.717, 1.165) is 48.6 Å². The third-order valence-electron chi connectivity index (χ3n) is 4.78. The second kappa shape index (κ2) is 8.68. The smallest absolute Gasteiger partial charge is 0.0912 e. The fourth-order valence-electron chi connectivity index (χ4n) is 3.56. The van der Waals surface area contributed by atoms with Gasteiger partial charge in [0.25, 0.3) is 0 Å². The highest BCUT2D eigenvalue weighted by Gasteiger charge is 2.27. The number of aliphatic hydroxyl groups is 2. The van der Waals surface area contributed by atoms with Crippen LogP contribution >= 0.6 is 23.2 Å². The summed E-state index contributed by atoms with van der Waals surface area (Å²) in [5.41, 5.74) is 5.41. The Hall–Kier alpha value is -0.323. The number of hydrogen-bond donors (Lipinski definition) is 2. The van der Waals surface area contributed by atoms with E-state index in [9.17, 15) is 0 Å². The van der Waals surface area contributed by atoms with Crippen LogP contribution in [0.3, 0.4) is 0 Å². The van der Waals surface area contributed by atoms with Gasteiger partial charge in [-0.25, -0.2) is 0 Å². The summed E-state index contributed by atoms with van der Waals surface area (Å²) < 4.78 is 0. The Morgan fingerprint density at radius 1 is 0.826 bits per heavy atom. The zero-order valence-corrected chi connectivity index (χ0v) is 16.9. The normalized spacial score (nSPS) is 19.0. The Labute approximate surface area is 151 Å². The van der Waals surface area contributed by atoms with Crippen LogP contribution in [0, 0.1) is 0 Å². The molecule has 0 spiro atoms. The lowest BCUT2D eigenvalue weighted by Crippen LogP contribution is -2.07. The molecule has 2 aliphatic carbocycles. The molecular formula is C18H26Cl2O2Si. The summed E-state index contributed by atoms with van der Waals surface area (Å²) in [4.78, 5) is 0. The molecule has 0 fully saturated rings. The molecule has 2 nitrogen and oxygen atoms in total. The summed E-state index contributed by atoms with van der Waals surface area (Å²) >= 11 is 13.1. The molecule has 2 aliphatic rings. The molecule has 128 valence electrons. The van der Waals surface area contributed by atoms with Crippen LogP contribution in [0.15, 0.2) is 42.7 Å². The second-order valence-electron chi connectivity index (χ2n) is 6.47. The molecule has 0 saturated heterocycles. The standard InChI is InChI=1S/C18H26Cl2O2Si/c1-11-9-15(19)17(13(11)5-3-7-21)23-18-14(6-4-8-22)12(2)10-16(18)20/h21-22H,3-10,23H2,1-2H3. The monoisotopic (exact) mass is 372 g/mol. The van der Waals surface area contributed by atoms with Gasteiger partial charge in [0.05, 0.1) is 9.52 Å². The van der Waals surface area contributed by atoms with E-state index in [0.29, 0.717) is 0 Å². The lowest BCUT2D eigenvalue weighted by Gasteiger charge is -2.14. The maximum atomic E-state index is 9.14. The first-order valence-electron chi connectivity index (χ1n) is 8.34. The van der Waals surface area contributed by atoms with Crippen molar-refractivity contribution in [3.8, 4) is 0 Å². The van der Waals surface area contributed by atoms with Crippen molar-refractivity contribution in [3.63, 3.8) is 0 Å². The lowest BCUT2D eigenvalue weighted by molar-refractivity contribution is 0.288. The topological polar surface area (TPSA) is 40.5 Å². The Bertz CT molecular complexity index is 548. The zero-order valence-electron chi connectivity index (χ0n) is 14.0. The van der Waals surface area contributed by atoms with E-state index in [1.165, 1.54) is 32.7 Å². The first kappa shape index (κ1) is 19.0. The quantitative estimate of drug-likeness (QED) is 0.631. The lowest BCUT2D eigenvalue weighted by atomic mass is 10.1. The predicted octanol–water partition coefficient (Wildman–Crippen LogP) is 4.04. The average molecular weight is 373 g/mol. The van der Waals surface area contributed by atoms with Crippen molar-refractivity contribution in [3.05, 3.63) is 42.7 Å². The molecule has 0 saturated carbocycles. The van der Waals surface area contributed by atoms with Gasteiger partial charge in [-0.1, -0.05) is 34.3 Å². The van der Waals surface area contributed by atoms with Gasteiger partial charge in [0.2, 0.25) is 0 Å². The van der Waals surface area contributed by atoms with E-state index in [1.807, 2.05) is 0 Å². The highest BCUT2D eigenvalue weighted by molar-refractivity contribution is 6.61. The van der Waals surface area contributed by atoms with Crippen molar-refractivity contribution in [1.29, 1.82) is 0 Å². The average Bonchev–Trinajstić information content (AvgIpc) is 2.92. The van der Waals surface area contributed by atoms with Crippen molar-refractivity contribution in [2.45, 2.75) is 52.4 Å². The van der Waals surface area contributed by atoms with Gasteiger partial charge in [-0.15, -0.1) is 0 Å². The van der Waals surface area contributed by atoms with Crippen LogP contribution in [0.1, 0.15) is 52.4 Å². The highest BCUT2D eigenvalue weighted by Crippen LogP contribution is 2.42. The molecule has 0 unspecified atom stereocenters.